The molecule has 0 aliphatic carbocycles. The molecule has 0 saturated carbocycles. The molecule has 1 aromatic carbocycles. The first-order valence-electron chi connectivity index (χ1n) is 5.46. The topological polar surface area (TPSA) is 59.1 Å². The van der Waals surface area contributed by atoms with E-state index in [9.17, 15) is 0 Å². The van der Waals surface area contributed by atoms with Crippen molar-refractivity contribution >= 4 is 31.1 Å². The molecular weight excluding hydrogens is 252 g/mol. The standard InChI is InChI=1S/C12H18N2OS2/c13-12(14)2-1-5-15-11-4-3-9(7-16)10(6-11)8-17/h3-4,6,16-17H,1-2,5,7-8H2,(H3,13,14). The summed E-state index contributed by atoms with van der Waals surface area (Å²) in [6.07, 6.45) is 1.34. The van der Waals surface area contributed by atoms with Crippen molar-refractivity contribution in [1.82, 2.24) is 0 Å². The van der Waals surface area contributed by atoms with E-state index in [1.807, 2.05) is 18.2 Å². The SMILES string of the molecule is N=C(N)CCCOc1ccc(CS)c(CS)c1. The Bertz CT molecular complexity index is 383. The lowest BCUT2D eigenvalue weighted by Crippen LogP contribution is -2.11. The zero-order chi connectivity index (χ0) is 12.7. The van der Waals surface area contributed by atoms with Gasteiger partial charge in [-0.05, 0) is 29.7 Å². The Balaban J connectivity index is 2.51. The first kappa shape index (κ1) is 14.3. The first-order chi connectivity index (χ1) is 8.17. The van der Waals surface area contributed by atoms with Crippen LogP contribution in [-0.4, -0.2) is 12.4 Å². The Morgan fingerprint density at radius 2 is 1.94 bits per heavy atom. The molecule has 17 heavy (non-hydrogen) atoms. The molecule has 5 heteroatoms. The van der Waals surface area contributed by atoms with Crippen molar-refractivity contribution in [2.24, 2.45) is 5.73 Å². The third kappa shape index (κ3) is 4.91. The minimum Gasteiger partial charge on any atom is -0.494 e. The normalized spacial score (nSPS) is 10.2. The Labute approximate surface area is 113 Å². The van der Waals surface area contributed by atoms with Gasteiger partial charge in [-0.2, -0.15) is 25.3 Å². The zero-order valence-electron chi connectivity index (χ0n) is 9.65. The van der Waals surface area contributed by atoms with Gasteiger partial charge in [0.1, 0.15) is 5.75 Å². The number of benzene rings is 1. The molecule has 0 aliphatic heterocycles. The molecular formula is C12H18N2OS2. The van der Waals surface area contributed by atoms with Gasteiger partial charge in [0.25, 0.3) is 0 Å². The van der Waals surface area contributed by atoms with Gasteiger partial charge in [0, 0.05) is 17.9 Å². The van der Waals surface area contributed by atoms with Crippen LogP contribution in [0.3, 0.4) is 0 Å². The minimum atomic E-state index is 0.204. The van der Waals surface area contributed by atoms with E-state index < -0.39 is 0 Å². The summed E-state index contributed by atoms with van der Waals surface area (Å²) < 4.78 is 5.59. The van der Waals surface area contributed by atoms with Crippen LogP contribution in [0.5, 0.6) is 5.75 Å². The van der Waals surface area contributed by atoms with Crippen molar-refractivity contribution in [1.29, 1.82) is 5.41 Å². The van der Waals surface area contributed by atoms with E-state index in [1.54, 1.807) is 0 Å². The maximum Gasteiger partial charge on any atom is 0.119 e. The van der Waals surface area contributed by atoms with Gasteiger partial charge in [-0.3, -0.25) is 5.41 Å². The number of thiol groups is 2. The molecule has 1 rings (SSSR count). The predicted octanol–water partition coefficient (Wildman–Crippen LogP) is 2.64. The molecule has 0 aromatic heterocycles. The second-order valence-corrected chi connectivity index (χ2v) is 4.36. The molecule has 0 saturated heterocycles. The summed E-state index contributed by atoms with van der Waals surface area (Å²) in [6, 6.07) is 5.94. The van der Waals surface area contributed by atoms with Crippen LogP contribution in [0.4, 0.5) is 0 Å². The monoisotopic (exact) mass is 270 g/mol. The first-order valence-corrected chi connectivity index (χ1v) is 6.73. The smallest absolute Gasteiger partial charge is 0.119 e. The van der Waals surface area contributed by atoms with Crippen LogP contribution in [0.1, 0.15) is 24.0 Å². The molecule has 0 unspecified atom stereocenters. The fourth-order valence-corrected chi connectivity index (χ4v) is 2.05. The molecule has 0 radical (unpaired) electrons. The second-order valence-electron chi connectivity index (χ2n) is 3.72. The molecule has 0 atom stereocenters. The van der Waals surface area contributed by atoms with E-state index in [0.717, 1.165) is 17.7 Å². The minimum absolute atomic E-state index is 0.204. The highest BCUT2D eigenvalue weighted by molar-refractivity contribution is 7.79. The van der Waals surface area contributed by atoms with E-state index in [1.165, 1.54) is 5.56 Å². The summed E-state index contributed by atoms with van der Waals surface area (Å²) in [5, 5.41) is 7.10. The zero-order valence-corrected chi connectivity index (χ0v) is 11.4. The van der Waals surface area contributed by atoms with Crippen LogP contribution in [-0.2, 0) is 11.5 Å². The lowest BCUT2D eigenvalue weighted by atomic mass is 10.1. The van der Waals surface area contributed by atoms with Gasteiger partial charge in [0.05, 0.1) is 12.4 Å². The maximum absolute atomic E-state index is 7.10. The van der Waals surface area contributed by atoms with Crippen molar-refractivity contribution in [3.63, 3.8) is 0 Å². The van der Waals surface area contributed by atoms with Crippen molar-refractivity contribution in [2.75, 3.05) is 6.61 Å². The predicted molar refractivity (Wildman–Crippen MR) is 78.5 cm³/mol. The largest absolute Gasteiger partial charge is 0.494 e. The van der Waals surface area contributed by atoms with Gasteiger partial charge >= 0.3 is 0 Å². The average Bonchev–Trinajstić information content (AvgIpc) is 2.34. The van der Waals surface area contributed by atoms with E-state index >= 15 is 0 Å². The van der Waals surface area contributed by atoms with Crippen molar-refractivity contribution in [3.05, 3.63) is 29.3 Å². The van der Waals surface area contributed by atoms with Crippen LogP contribution < -0.4 is 10.5 Å². The Hall–Kier alpha value is -0.810. The molecule has 0 amide bonds. The van der Waals surface area contributed by atoms with Crippen molar-refractivity contribution in [3.8, 4) is 5.75 Å². The number of nitrogens with one attached hydrogen (secondary N) is 1. The number of rotatable bonds is 7. The molecule has 3 N–H and O–H groups in total. The highest BCUT2D eigenvalue weighted by Crippen LogP contribution is 2.21. The third-order valence-electron chi connectivity index (χ3n) is 2.38. The van der Waals surface area contributed by atoms with Crippen LogP contribution in [0, 0.1) is 5.41 Å². The summed E-state index contributed by atoms with van der Waals surface area (Å²) in [6.45, 7) is 0.575. The van der Waals surface area contributed by atoms with Gasteiger partial charge in [-0.15, -0.1) is 0 Å². The molecule has 0 fully saturated rings. The van der Waals surface area contributed by atoms with Crippen LogP contribution >= 0.6 is 25.3 Å². The van der Waals surface area contributed by atoms with E-state index in [2.05, 4.69) is 25.3 Å². The van der Waals surface area contributed by atoms with Crippen molar-refractivity contribution in [2.45, 2.75) is 24.3 Å². The summed E-state index contributed by atoms with van der Waals surface area (Å²) >= 11 is 8.55. The number of nitrogens with two attached hydrogens (primary N) is 1. The maximum atomic E-state index is 7.10. The Kier molecular flexibility index (Phi) is 6.29. The lowest BCUT2D eigenvalue weighted by molar-refractivity contribution is 0.313. The fraction of sp³-hybridized carbons (Fsp3) is 0.417. The molecule has 94 valence electrons. The quantitative estimate of drug-likeness (QED) is 0.266. The molecule has 0 bridgehead atoms. The van der Waals surface area contributed by atoms with Gasteiger partial charge in [-0.25, -0.2) is 0 Å². The summed E-state index contributed by atoms with van der Waals surface area (Å²) in [7, 11) is 0. The molecule has 0 heterocycles. The van der Waals surface area contributed by atoms with Gasteiger partial charge in [0.2, 0.25) is 0 Å². The van der Waals surface area contributed by atoms with E-state index in [-0.39, 0.29) is 5.84 Å². The number of hydrogen-bond acceptors (Lipinski definition) is 4. The highest BCUT2D eigenvalue weighted by atomic mass is 32.1. The third-order valence-corrected chi connectivity index (χ3v) is 3.06. The molecule has 0 spiro atoms. The Morgan fingerprint density at radius 3 is 2.53 bits per heavy atom. The van der Waals surface area contributed by atoms with Crippen LogP contribution in [0.15, 0.2) is 18.2 Å². The fourth-order valence-electron chi connectivity index (χ4n) is 1.45. The van der Waals surface area contributed by atoms with E-state index in [4.69, 9.17) is 15.9 Å². The van der Waals surface area contributed by atoms with Gasteiger partial charge in [0.15, 0.2) is 0 Å². The highest BCUT2D eigenvalue weighted by Gasteiger charge is 2.02. The second kappa shape index (κ2) is 7.50. The summed E-state index contributed by atoms with van der Waals surface area (Å²) in [5.74, 6) is 2.43. The van der Waals surface area contributed by atoms with Crippen molar-refractivity contribution < 1.29 is 4.74 Å². The van der Waals surface area contributed by atoms with E-state index in [0.29, 0.717) is 24.5 Å². The Morgan fingerprint density at radius 1 is 1.24 bits per heavy atom. The lowest BCUT2D eigenvalue weighted by Gasteiger charge is -2.10. The molecule has 3 nitrogen and oxygen atoms in total. The average molecular weight is 270 g/mol. The van der Waals surface area contributed by atoms with Gasteiger partial charge < -0.3 is 10.5 Å². The van der Waals surface area contributed by atoms with Gasteiger partial charge in [-0.1, -0.05) is 6.07 Å². The number of hydrogen-bond donors (Lipinski definition) is 4. The number of amidine groups is 1. The van der Waals surface area contributed by atoms with Crippen LogP contribution in [0.2, 0.25) is 0 Å². The molecule has 0 aliphatic rings. The molecule has 1 aromatic rings. The summed E-state index contributed by atoms with van der Waals surface area (Å²) in [5.41, 5.74) is 7.59. The number of ether oxygens (including phenoxy) is 1. The summed E-state index contributed by atoms with van der Waals surface area (Å²) in [4.78, 5) is 0. The van der Waals surface area contributed by atoms with Crippen LogP contribution in [0.25, 0.3) is 0 Å².